The van der Waals surface area contributed by atoms with Crippen LogP contribution in [0.2, 0.25) is 5.02 Å². The van der Waals surface area contributed by atoms with Crippen LogP contribution in [0.1, 0.15) is 124 Å². The fourth-order valence-electron chi connectivity index (χ4n) is 12.2. The molecule has 0 amide bonds. The third-order valence-electron chi connectivity index (χ3n) is 15.2. The van der Waals surface area contributed by atoms with Gasteiger partial charge in [0, 0.05) is 39.7 Å². The van der Waals surface area contributed by atoms with Crippen LogP contribution in [0.25, 0.3) is 67.0 Å². The molecule has 304 valence electrons. The van der Waals surface area contributed by atoms with Gasteiger partial charge in [0.15, 0.2) is 0 Å². The van der Waals surface area contributed by atoms with Crippen LogP contribution in [-0.4, -0.2) is 9.97 Å². The molecule has 61 heavy (non-hydrogen) atoms. The van der Waals surface area contributed by atoms with E-state index in [1.165, 1.54) is 75.3 Å². The third-order valence-corrected chi connectivity index (χ3v) is 15.4. The summed E-state index contributed by atoms with van der Waals surface area (Å²) in [5.41, 5.74) is 19.7. The molecule has 0 radical (unpaired) electrons. The lowest BCUT2D eigenvalue weighted by molar-refractivity contribution is 0.308. The van der Waals surface area contributed by atoms with E-state index in [1.807, 2.05) is 12.4 Å². The summed E-state index contributed by atoms with van der Waals surface area (Å²) >= 11 is 7.00. The molecule has 0 aliphatic heterocycles. The zero-order chi connectivity index (χ0) is 41.0. The first kappa shape index (κ1) is 38.6. The van der Waals surface area contributed by atoms with Crippen LogP contribution in [-0.2, 0) is 0 Å². The van der Waals surface area contributed by atoms with Crippen LogP contribution in [0.4, 0.5) is 0 Å². The molecule has 6 unspecified atom stereocenters. The SMILES string of the molecule is CC1CC2CCCC(C2)c2ccc(-c3ccc(-c4ccccc4-c4cc(Cl)cc(-c5ccccc5-c5ccc(-c6ccc7c(c6)C(C)CC6CCCC7C6)nc5)c4)cn3)cc21. The molecule has 2 fully saturated rings. The normalized spacial score (nSPS) is 23.0. The van der Waals surface area contributed by atoms with Gasteiger partial charge in [0.2, 0.25) is 0 Å². The molecule has 4 aliphatic rings. The first-order valence-corrected chi connectivity index (χ1v) is 23.5. The summed E-state index contributed by atoms with van der Waals surface area (Å²) in [7, 11) is 0. The molecule has 0 N–H and O–H groups in total. The van der Waals surface area contributed by atoms with Crippen molar-refractivity contribution in [3.05, 3.63) is 167 Å². The third kappa shape index (κ3) is 7.46. The summed E-state index contributed by atoms with van der Waals surface area (Å²) in [5.74, 6) is 4.39. The molecular formula is C58H55ClN2. The van der Waals surface area contributed by atoms with Gasteiger partial charge in [0.25, 0.3) is 0 Å². The van der Waals surface area contributed by atoms with Gasteiger partial charge in [-0.2, -0.15) is 0 Å². The quantitative estimate of drug-likeness (QED) is 0.167. The highest BCUT2D eigenvalue weighted by Crippen LogP contribution is 2.49. The average Bonchev–Trinajstić information content (AvgIpc) is 3.46. The van der Waals surface area contributed by atoms with Gasteiger partial charge in [0.05, 0.1) is 11.4 Å². The molecule has 0 spiro atoms. The first-order valence-electron chi connectivity index (χ1n) is 23.1. The highest BCUT2D eigenvalue weighted by atomic mass is 35.5. The monoisotopic (exact) mass is 814 g/mol. The van der Waals surface area contributed by atoms with Crippen LogP contribution in [0.15, 0.2) is 140 Å². The van der Waals surface area contributed by atoms with Gasteiger partial charge in [-0.05, 0) is 172 Å². The molecule has 0 saturated heterocycles. The standard InChI is InChI=1S/C58H55ClN2/c1-36-25-38-9-7-11-40(27-38)53-21-17-42(32-55(36)53)57-23-19-44(34-60-57)49-13-3-5-15-51(49)46-29-47(31-48(59)30-46)52-16-6-4-14-50(52)45-20-24-58(61-35-45)43-18-22-54-41-12-8-10-39(28-41)26-37(2)56(54)33-43/h3-6,13-24,29-41H,7-12,25-28H2,1-2H3. The Bertz CT molecular complexity index is 2550. The van der Waals surface area contributed by atoms with Gasteiger partial charge >= 0.3 is 0 Å². The van der Waals surface area contributed by atoms with Crippen LogP contribution in [0, 0.1) is 11.8 Å². The number of hydrogen-bond acceptors (Lipinski definition) is 2. The Kier molecular flexibility index (Phi) is 10.2. The van der Waals surface area contributed by atoms with Gasteiger partial charge < -0.3 is 0 Å². The van der Waals surface area contributed by atoms with E-state index >= 15 is 0 Å². The van der Waals surface area contributed by atoms with Crippen molar-refractivity contribution in [2.75, 3.05) is 0 Å². The summed E-state index contributed by atoms with van der Waals surface area (Å²) in [5, 5.41) is 0.710. The Labute approximate surface area is 367 Å². The summed E-state index contributed by atoms with van der Waals surface area (Å²) in [4.78, 5) is 10.2. The number of fused-ring (bicyclic) bond motifs is 8. The van der Waals surface area contributed by atoms with E-state index in [0.29, 0.717) is 16.9 Å². The van der Waals surface area contributed by atoms with Crippen LogP contribution >= 0.6 is 11.6 Å². The number of halogens is 1. The topological polar surface area (TPSA) is 25.8 Å². The molecule has 5 aromatic carbocycles. The van der Waals surface area contributed by atoms with Gasteiger partial charge in [0.1, 0.15) is 0 Å². The van der Waals surface area contributed by atoms with Crippen LogP contribution in [0.3, 0.4) is 0 Å². The van der Waals surface area contributed by atoms with Crippen molar-refractivity contribution < 1.29 is 0 Å². The van der Waals surface area contributed by atoms with Crippen molar-refractivity contribution in [1.82, 2.24) is 9.97 Å². The second-order valence-electron chi connectivity index (χ2n) is 19.1. The summed E-state index contributed by atoms with van der Waals surface area (Å²) < 4.78 is 0. The summed E-state index contributed by atoms with van der Waals surface area (Å²) in [6, 6.07) is 47.0. The van der Waals surface area contributed by atoms with E-state index in [4.69, 9.17) is 21.6 Å². The smallest absolute Gasteiger partial charge is 0.0702 e. The lowest BCUT2D eigenvalue weighted by Gasteiger charge is -2.27. The van der Waals surface area contributed by atoms with Crippen molar-refractivity contribution in [1.29, 1.82) is 0 Å². The Morgan fingerprint density at radius 3 is 1.26 bits per heavy atom. The molecule has 6 atom stereocenters. The summed E-state index contributed by atoms with van der Waals surface area (Å²) in [6.07, 6.45) is 17.7. The number of hydrogen-bond donors (Lipinski definition) is 0. The molecule has 2 aromatic heterocycles. The zero-order valence-electron chi connectivity index (χ0n) is 35.6. The van der Waals surface area contributed by atoms with Gasteiger partial charge in [-0.15, -0.1) is 0 Å². The minimum Gasteiger partial charge on any atom is -0.256 e. The maximum Gasteiger partial charge on any atom is 0.0702 e. The zero-order valence-corrected chi connectivity index (χ0v) is 36.3. The van der Waals surface area contributed by atoms with Crippen molar-refractivity contribution in [2.24, 2.45) is 11.8 Å². The number of aromatic nitrogens is 2. The minimum absolute atomic E-state index is 0.597. The maximum atomic E-state index is 7.00. The van der Waals surface area contributed by atoms with Crippen LogP contribution < -0.4 is 0 Å². The van der Waals surface area contributed by atoms with E-state index in [-0.39, 0.29) is 0 Å². The molecule has 2 heterocycles. The van der Waals surface area contributed by atoms with Crippen LogP contribution in [0.5, 0.6) is 0 Å². The van der Waals surface area contributed by atoms with Gasteiger partial charge in [-0.3, -0.25) is 9.97 Å². The molecule has 3 heteroatoms. The van der Waals surface area contributed by atoms with E-state index < -0.39 is 0 Å². The number of benzene rings is 5. The number of rotatable bonds is 6. The van der Waals surface area contributed by atoms with Crippen molar-refractivity contribution in [2.45, 2.75) is 102 Å². The highest BCUT2D eigenvalue weighted by molar-refractivity contribution is 6.31. The number of nitrogens with zero attached hydrogens (tertiary/aromatic N) is 2. The Morgan fingerprint density at radius 1 is 0.410 bits per heavy atom. The molecule has 4 bridgehead atoms. The molecule has 2 nitrogen and oxygen atoms in total. The van der Waals surface area contributed by atoms with E-state index in [1.54, 1.807) is 22.3 Å². The predicted molar refractivity (Wildman–Crippen MR) is 255 cm³/mol. The molecule has 11 rings (SSSR count). The second kappa shape index (κ2) is 16.2. The molecule has 7 aromatic rings. The Morgan fingerprint density at radius 2 is 0.836 bits per heavy atom. The first-order chi connectivity index (χ1) is 29.9. The fourth-order valence-corrected chi connectivity index (χ4v) is 12.5. The van der Waals surface area contributed by atoms with Crippen molar-refractivity contribution >= 4 is 11.6 Å². The van der Waals surface area contributed by atoms with Gasteiger partial charge in [-0.25, -0.2) is 0 Å². The lowest BCUT2D eigenvalue weighted by Crippen LogP contribution is -2.12. The highest BCUT2D eigenvalue weighted by Gasteiger charge is 2.33. The minimum atomic E-state index is 0.597. The number of pyridine rings is 2. The van der Waals surface area contributed by atoms with E-state index in [9.17, 15) is 0 Å². The second-order valence-corrected chi connectivity index (χ2v) is 19.5. The van der Waals surface area contributed by atoms with Gasteiger partial charge in [-0.1, -0.05) is 136 Å². The van der Waals surface area contributed by atoms with Crippen molar-refractivity contribution in [3.8, 4) is 67.0 Å². The average molecular weight is 816 g/mol. The van der Waals surface area contributed by atoms with E-state index in [2.05, 4.69) is 141 Å². The maximum absolute atomic E-state index is 7.00. The Hall–Kier alpha value is -5.31. The lowest BCUT2D eigenvalue weighted by atomic mass is 9.78. The predicted octanol–water partition coefficient (Wildman–Crippen LogP) is 16.7. The summed E-state index contributed by atoms with van der Waals surface area (Å²) in [6.45, 7) is 4.87. The fraction of sp³-hybridized carbons (Fsp3) is 0.310. The Balaban J connectivity index is 0.878. The molecule has 4 aliphatic carbocycles. The largest absolute Gasteiger partial charge is 0.256 e. The van der Waals surface area contributed by atoms with E-state index in [0.717, 1.165) is 79.6 Å². The molecule has 2 saturated carbocycles. The molecular weight excluding hydrogens is 760 g/mol. The van der Waals surface area contributed by atoms with Crippen molar-refractivity contribution in [3.63, 3.8) is 0 Å².